The van der Waals surface area contributed by atoms with Crippen LogP contribution in [0.3, 0.4) is 0 Å². The summed E-state index contributed by atoms with van der Waals surface area (Å²) in [5.41, 5.74) is 4.97. The van der Waals surface area contributed by atoms with Crippen molar-refractivity contribution in [2.75, 3.05) is 13.1 Å². The Hall–Kier alpha value is -1.10. The first-order valence-corrected chi connectivity index (χ1v) is 9.80. The van der Waals surface area contributed by atoms with Crippen LogP contribution in [-0.2, 0) is 9.59 Å². The molecule has 5 nitrogen and oxygen atoms in total. The zero-order valence-corrected chi connectivity index (χ0v) is 14.8. The third-order valence-electron chi connectivity index (χ3n) is 7.46. The summed E-state index contributed by atoms with van der Waals surface area (Å²) in [6.45, 7) is 2.99. The van der Waals surface area contributed by atoms with Gasteiger partial charge in [-0.2, -0.15) is 0 Å². The molecule has 3 N–H and O–H groups in total. The van der Waals surface area contributed by atoms with E-state index in [1.165, 1.54) is 32.1 Å². The molecular formula is C19H31N3O2. The van der Waals surface area contributed by atoms with Gasteiger partial charge >= 0.3 is 0 Å². The summed E-state index contributed by atoms with van der Waals surface area (Å²) in [5.74, 6) is 3.00. The topological polar surface area (TPSA) is 75.4 Å². The van der Waals surface area contributed by atoms with Gasteiger partial charge in [-0.15, -0.1) is 0 Å². The van der Waals surface area contributed by atoms with Gasteiger partial charge in [0.1, 0.15) is 0 Å². The van der Waals surface area contributed by atoms with Crippen LogP contribution in [0.5, 0.6) is 0 Å². The molecule has 5 fully saturated rings. The minimum absolute atomic E-state index is 0.0850. The molecule has 1 atom stereocenters. The number of nitrogens with two attached hydrogens (primary N) is 1. The zero-order valence-electron chi connectivity index (χ0n) is 14.8. The van der Waals surface area contributed by atoms with E-state index < -0.39 is 5.54 Å². The number of nitrogens with zero attached hydrogens (tertiary/aromatic N) is 1. The van der Waals surface area contributed by atoms with Gasteiger partial charge < -0.3 is 11.1 Å². The Morgan fingerprint density at radius 2 is 1.71 bits per heavy atom. The van der Waals surface area contributed by atoms with Crippen LogP contribution < -0.4 is 11.1 Å². The van der Waals surface area contributed by atoms with Crippen molar-refractivity contribution < 1.29 is 9.59 Å². The fraction of sp³-hybridized carbons (Fsp3) is 0.895. The highest BCUT2D eigenvalue weighted by Crippen LogP contribution is 2.53. The lowest BCUT2D eigenvalue weighted by Crippen LogP contribution is -2.61. The van der Waals surface area contributed by atoms with Gasteiger partial charge in [-0.05, 0) is 88.5 Å². The second kappa shape index (κ2) is 6.01. The molecule has 1 unspecified atom stereocenters. The Kier molecular flexibility index (Phi) is 4.10. The Morgan fingerprint density at radius 3 is 2.29 bits per heavy atom. The predicted molar refractivity (Wildman–Crippen MR) is 92.0 cm³/mol. The number of primary amides is 1. The van der Waals surface area contributed by atoms with E-state index in [0.717, 1.165) is 37.6 Å². The fourth-order valence-electron chi connectivity index (χ4n) is 6.28. The summed E-state index contributed by atoms with van der Waals surface area (Å²) in [4.78, 5) is 26.6. The molecule has 0 spiro atoms. The number of carbonyl (C=O) groups is 2. The Morgan fingerprint density at radius 1 is 1.08 bits per heavy atom. The highest BCUT2D eigenvalue weighted by Gasteiger charge is 2.49. The Balaban J connectivity index is 1.39. The summed E-state index contributed by atoms with van der Waals surface area (Å²) >= 11 is 0. The number of hydrogen-bond donors (Lipinski definition) is 2. The lowest BCUT2D eigenvalue weighted by molar-refractivity contribution is -0.136. The summed E-state index contributed by atoms with van der Waals surface area (Å²) < 4.78 is 0. The van der Waals surface area contributed by atoms with Crippen LogP contribution in [0.25, 0.3) is 0 Å². The van der Waals surface area contributed by atoms with Crippen molar-refractivity contribution in [1.82, 2.24) is 10.2 Å². The Labute approximate surface area is 144 Å². The van der Waals surface area contributed by atoms with E-state index >= 15 is 0 Å². The van der Waals surface area contributed by atoms with Crippen LogP contribution in [0.2, 0.25) is 0 Å². The summed E-state index contributed by atoms with van der Waals surface area (Å²) in [7, 11) is 0. The van der Waals surface area contributed by atoms with Gasteiger partial charge in [0.05, 0.1) is 12.1 Å². The normalized spacial score (nSPS) is 44.5. The van der Waals surface area contributed by atoms with Gasteiger partial charge in [0.25, 0.3) is 0 Å². The maximum atomic E-state index is 12.7. The molecule has 0 radical (unpaired) electrons. The van der Waals surface area contributed by atoms with Crippen molar-refractivity contribution in [2.45, 2.75) is 69.9 Å². The first-order valence-electron chi connectivity index (χ1n) is 9.80. The molecule has 24 heavy (non-hydrogen) atoms. The second-order valence-corrected chi connectivity index (χ2v) is 9.04. The van der Waals surface area contributed by atoms with E-state index in [4.69, 9.17) is 5.73 Å². The van der Waals surface area contributed by atoms with Crippen LogP contribution in [0.4, 0.5) is 0 Å². The minimum atomic E-state index is -0.667. The first kappa shape index (κ1) is 16.4. The molecule has 5 aliphatic rings. The molecule has 5 heteroatoms. The number of rotatable bonds is 4. The van der Waals surface area contributed by atoms with E-state index in [1.807, 2.05) is 11.8 Å². The van der Waals surface area contributed by atoms with Gasteiger partial charge in [-0.1, -0.05) is 0 Å². The summed E-state index contributed by atoms with van der Waals surface area (Å²) in [6.07, 6.45) is 9.45. The van der Waals surface area contributed by atoms with E-state index in [2.05, 4.69) is 5.32 Å². The van der Waals surface area contributed by atoms with Gasteiger partial charge in [-0.25, -0.2) is 0 Å². The molecular weight excluding hydrogens is 302 g/mol. The number of hydrogen-bond acceptors (Lipinski definition) is 3. The van der Waals surface area contributed by atoms with Crippen molar-refractivity contribution in [3.63, 3.8) is 0 Å². The lowest BCUT2D eigenvalue weighted by atomic mass is 9.54. The van der Waals surface area contributed by atoms with E-state index in [1.54, 1.807) is 0 Å². The largest absolute Gasteiger partial charge is 0.368 e. The summed E-state index contributed by atoms with van der Waals surface area (Å²) in [5, 5.41) is 3.35. The van der Waals surface area contributed by atoms with Crippen molar-refractivity contribution >= 4 is 11.8 Å². The van der Waals surface area contributed by atoms with Crippen molar-refractivity contribution in [2.24, 2.45) is 29.4 Å². The first-order chi connectivity index (χ1) is 11.5. The second-order valence-electron chi connectivity index (χ2n) is 9.04. The van der Waals surface area contributed by atoms with Crippen LogP contribution in [-0.4, -0.2) is 41.4 Å². The third kappa shape index (κ3) is 2.75. The molecule has 4 saturated carbocycles. The van der Waals surface area contributed by atoms with Gasteiger partial charge in [0.15, 0.2) is 0 Å². The molecule has 0 aromatic carbocycles. The van der Waals surface area contributed by atoms with Gasteiger partial charge in [0, 0.05) is 6.04 Å². The maximum absolute atomic E-state index is 12.7. The number of carbonyl (C=O) groups excluding carboxylic acids is 2. The standard InChI is InChI=1S/C19H31N3O2/c1-19(18(20)24)4-2-3-5-22(19)11-16(23)21-17-14-7-12-6-13(9-14)10-15(17)8-12/h12-15,17H,2-11H2,1H3,(H2,20,24)(H,21,23). The van der Waals surface area contributed by atoms with Crippen LogP contribution in [0.1, 0.15) is 58.3 Å². The average molecular weight is 333 g/mol. The lowest BCUT2D eigenvalue weighted by Gasteiger charge is -2.54. The molecule has 5 rings (SSSR count). The van der Waals surface area contributed by atoms with Crippen molar-refractivity contribution in [1.29, 1.82) is 0 Å². The predicted octanol–water partition coefficient (Wildman–Crippen LogP) is 1.66. The molecule has 4 bridgehead atoms. The van der Waals surface area contributed by atoms with E-state index in [9.17, 15) is 9.59 Å². The van der Waals surface area contributed by atoms with Crippen LogP contribution in [0.15, 0.2) is 0 Å². The smallest absolute Gasteiger partial charge is 0.237 e. The van der Waals surface area contributed by atoms with Crippen LogP contribution >= 0.6 is 0 Å². The number of likely N-dealkylation sites (tertiary alicyclic amines) is 1. The highest BCUT2D eigenvalue weighted by atomic mass is 16.2. The molecule has 1 heterocycles. The van der Waals surface area contributed by atoms with Gasteiger partial charge in [-0.3, -0.25) is 14.5 Å². The van der Waals surface area contributed by atoms with Crippen molar-refractivity contribution in [3.05, 3.63) is 0 Å². The number of nitrogens with one attached hydrogen (secondary N) is 1. The van der Waals surface area contributed by atoms with E-state index in [-0.39, 0.29) is 11.8 Å². The summed E-state index contributed by atoms with van der Waals surface area (Å²) in [6, 6.07) is 0.370. The molecule has 0 aromatic heterocycles. The number of piperidine rings is 1. The molecule has 1 aliphatic heterocycles. The highest BCUT2D eigenvalue weighted by molar-refractivity contribution is 5.86. The maximum Gasteiger partial charge on any atom is 0.237 e. The third-order valence-corrected chi connectivity index (χ3v) is 7.46. The molecule has 4 aliphatic carbocycles. The van der Waals surface area contributed by atoms with Crippen molar-refractivity contribution in [3.8, 4) is 0 Å². The Bertz CT molecular complexity index is 507. The zero-order chi connectivity index (χ0) is 16.9. The fourth-order valence-corrected chi connectivity index (χ4v) is 6.28. The molecule has 134 valence electrons. The molecule has 0 aromatic rings. The monoisotopic (exact) mass is 333 g/mol. The molecule has 2 amide bonds. The number of amides is 2. The minimum Gasteiger partial charge on any atom is -0.368 e. The average Bonchev–Trinajstić information content (AvgIpc) is 2.52. The SMILES string of the molecule is CC1(C(N)=O)CCCCN1CC(=O)NC1C2CC3CC(C2)CC1C3. The quantitative estimate of drug-likeness (QED) is 0.821. The van der Waals surface area contributed by atoms with Crippen LogP contribution in [0, 0.1) is 23.7 Å². The van der Waals surface area contributed by atoms with Gasteiger partial charge in [0.2, 0.25) is 11.8 Å². The van der Waals surface area contributed by atoms with E-state index in [0.29, 0.717) is 24.4 Å². The molecule has 1 saturated heterocycles.